The topological polar surface area (TPSA) is 39.4 Å². The van der Waals surface area contributed by atoms with Crippen LogP contribution in [-0.2, 0) is 6.61 Å². The summed E-state index contributed by atoms with van der Waals surface area (Å²) in [6, 6.07) is 21.7. The second-order valence-electron chi connectivity index (χ2n) is 7.56. The minimum atomic E-state index is -0.117. The molecule has 0 aliphatic heterocycles. The number of carbonyl (C=O) groups excluding carboxylic acids is 1. The summed E-state index contributed by atoms with van der Waals surface area (Å²) in [6.45, 7) is 6.44. The van der Waals surface area contributed by atoms with Crippen LogP contribution in [0, 0.1) is 20.8 Å². The first-order valence-electron chi connectivity index (χ1n) is 10.0. The summed E-state index contributed by atoms with van der Waals surface area (Å²) in [5.74, 6) is 1.17. The van der Waals surface area contributed by atoms with Crippen molar-refractivity contribution in [2.45, 2.75) is 27.4 Å². The zero-order chi connectivity index (χ0) is 21.1. The maximum Gasteiger partial charge on any atom is 0.189 e. The summed E-state index contributed by atoms with van der Waals surface area (Å²) in [5, 5.41) is 1.06. The number of fused-ring (bicyclic) bond motifs is 1. The molecule has 0 radical (unpaired) electrons. The number of furan rings is 1. The molecule has 0 atom stereocenters. The summed E-state index contributed by atoms with van der Waals surface area (Å²) >= 11 is 0. The Labute approximate surface area is 176 Å². The van der Waals surface area contributed by atoms with E-state index in [9.17, 15) is 4.79 Å². The van der Waals surface area contributed by atoms with E-state index in [0.29, 0.717) is 23.7 Å². The van der Waals surface area contributed by atoms with Gasteiger partial charge in [-0.2, -0.15) is 0 Å². The molecule has 0 aliphatic carbocycles. The number of aryl methyl sites for hydroxylation is 3. The van der Waals surface area contributed by atoms with Crippen LogP contribution >= 0.6 is 0 Å². The normalized spacial score (nSPS) is 11.3. The van der Waals surface area contributed by atoms with Crippen molar-refractivity contribution in [3.8, 4) is 5.75 Å². The smallest absolute Gasteiger partial charge is 0.189 e. The van der Waals surface area contributed by atoms with Crippen molar-refractivity contribution >= 4 is 22.8 Å². The second-order valence-corrected chi connectivity index (χ2v) is 7.56. The molecule has 1 aromatic heterocycles. The molecule has 0 saturated carbocycles. The lowest BCUT2D eigenvalue weighted by atomic mass is 10.1. The third-order valence-corrected chi connectivity index (χ3v) is 5.16. The Bertz CT molecular complexity index is 1230. The van der Waals surface area contributed by atoms with Crippen molar-refractivity contribution < 1.29 is 13.9 Å². The third kappa shape index (κ3) is 4.20. The van der Waals surface area contributed by atoms with E-state index >= 15 is 0 Å². The number of benzene rings is 3. The van der Waals surface area contributed by atoms with Gasteiger partial charge in [0.1, 0.15) is 23.7 Å². The van der Waals surface area contributed by atoms with Crippen LogP contribution in [0.3, 0.4) is 0 Å². The zero-order valence-corrected chi connectivity index (χ0v) is 17.4. The number of allylic oxidation sites excluding steroid dienone is 1. The maximum absolute atomic E-state index is 12.9. The van der Waals surface area contributed by atoms with Crippen LogP contribution in [0.15, 0.2) is 77.2 Å². The maximum atomic E-state index is 12.9. The number of rotatable bonds is 6. The van der Waals surface area contributed by atoms with E-state index in [-0.39, 0.29) is 5.78 Å². The van der Waals surface area contributed by atoms with Gasteiger partial charge in [0.05, 0.1) is 5.56 Å². The summed E-state index contributed by atoms with van der Waals surface area (Å²) in [6.07, 6.45) is 3.30. The highest BCUT2D eigenvalue weighted by molar-refractivity contribution is 6.08. The van der Waals surface area contributed by atoms with Crippen LogP contribution in [0.25, 0.3) is 17.0 Å². The van der Waals surface area contributed by atoms with Crippen molar-refractivity contribution in [1.82, 2.24) is 0 Å². The van der Waals surface area contributed by atoms with Gasteiger partial charge in [-0.25, -0.2) is 0 Å². The Hall–Kier alpha value is -3.59. The fourth-order valence-corrected chi connectivity index (χ4v) is 3.44. The average Bonchev–Trinajstić information content (AvgIpc) is 3.06. The van der Waals surface area contributed by atoms with E-state index < -0.39 is 0 Å². The molecule has 1 heterocycles. The van der Waals surface area contributed by atoms with E-state index in [2.05, 4.69) is 12.1 Å². The third-order valence-electron chi connectivity index (χ3n) is 5.16. The zero-order valence-electron chi connectivity index (χ0n) is 17.4. The summed E-state index contributed by atoms with van der Waals surface area (Å²) in [7, 11) is 0. The van der Waals surface area contributed by atoms with Crippen molar-refractivity contribution in [2.75, 3.05) is 0 Å². The summed E-state index contributed by atoms with van der Waals surface area (Å²) < 4.78 is 11.9. The SMILES string of the molecule is Cc1ccc(C(=O)/C=C/c2oc3cc(C)ccc3c2C)c(OCc2ccccc2)c1. The van der Waals surface area contributed by atoms with Gasteiger partial charge in [-0.05, 0) is 67.8 Å². The fourth-order valence-electron chi connectivity index (χ4n) is 3.44. The fraction of sp³-hybridized carbons (Fsp3) is 0.148. The highest BCUT2D eigenvalue weighted by atomic mass is 16.5. The molecule has 3 heteroatoms. The first kappa shape index (κ1) is 19.7. The monoisotopic (exact) mass is 396 g/mol. The lowest BCUT2D eigenvalue weighted by molar-refractivity contribution is 0.104. The molecule has 0 aliphatic rings. The van der Waals surface area contributed by atoms with Gasteiger partial charge in [0.15, 0.2) is 5.78 Å². The highest BCUT2D eigenvalue weighted by Gasteiger charge is 2.13. The Kier molecular flexibility index (Phi) is 5.53. The highest BCUT2D eigenvalue weighted by Crippen LogP contribution is 2.28. The van der Waals surface area contributed by atoms with Crippen LogP contribution in [0.4, 0.5) is 0 Å². The number of carbonyl (C=O) groups is 1. The lowest BCUT2D eigenvalue weighted by Gasteiger charge is -2.11. The molecule has 3 aromatic carbocycles. The molecule has 0 bridgehead atoms. The van der Waals surface area contributed by atoms with Crippen molar-refractivity contribution in [3.63, 3.8) is 0 Å². The molecular formula is C27H24O3. The van der Waals surface area contributed by atoms with Crippen LogP contribution < -0.4 is 4.74 Å². The standard InChI is InChI=1S/C27H24O3/c1-18-10-12-23(26(15-18)29-17-21-7-5-4-6-8-21)24(28)13-14-25-20(3)22-11-9-19(2)16-27(22)30-25/h4-16H,17H2,1-3H3/b14-13+. The quantitative estimate of drug-likeness (QED) is 0.265. The largest absolute Gasteiger partial charge is 0.488 e. The predicted octanol–water partition coefficient (Wildman–Crippen LogP) is 6.83. The van der Waals surface area contributed by atoms with E-state index in [1.807, 2.05) is 75.4 Å². The lowest BCUT2D eigenvalue weighted by Crippen LogP contribution is -2.03. The van der Waals surface area contributed by atoms with Gasteiger partial charge >= 0.3 is 0 Å². The minimum absolute atomic E-state index is 0.117. The minimum Gasteiger partial charge on any atom is -0.488 e. The van der Waals surface area contributed by atoms with Crippen molar-refractivity contribution in [2.24, 2.45) is 0 Å². The summed E-state index contributed by atoms with van der Waals surface area (Å²) in [5.41, 5.74) is 5.64. The van der Waals surface area contributed by atoms with Crippen LogP contribution in [0.5, 0.6) is 5.75 Å². The number of ether oxygens (including phenoxy) is 1. The van der Waals surface area contributed by atoms with E-state index in [0.717, 1.165) is 33.2 Å². The number of ketones is 1. The molecule has 0 N–H and O–H groups in total. The van der Waals surface area contributed by atoms with Gasteiger partial charge in [0.25, 0.3) is 0 Å². The van der Waals surface area contributed by atoms with Crippen molar-refractivity contribution in [1.29, 1.82) is 0 Å². The molecule has 30 heavy (non-hydrogen) atoms. The molecule has 0 fully saturated rings. The van der Waals surface area contributed by atoms with Gasteiger partial charge < -0.3 is 9.15 Å². The Balaban J connectivity index is 1.58. The van der Waals surface area contributed by atoms with Crippen LogP contribution in [0.2, 0.25) is 0 Å². The van der Waals surface area contributed by atoms with Gasteiger partial charge in [0, 0.05) is 10.9 Å². The van der Waals surface area contributed by atoms with Gasteiger partial charge in [-0.15, -0.1) is 0 Å². The van der Waals surface area contributed by atoms with Crippen LogP contribution in [0.1, 0.15) is 38.4 Å². The van der Waals surface area contributed by atoms with Crippen LogP contribution in [-0.4, -0.2) is 5.78 Å². The first-order valence-corrected chi connectivity index (χ1v) is 10.0. The van der Waals surface area contributed by atoms with Gasteiger partial charge in [0.2, 0.25) is 0 Å². The molecule has 4 rings (SSSR count). The molecule has 0 spiro atoms. The van der Waals surface area contributed by atoms with Crippen molar-refractivity contribution in [3.05, 3.63) is 106 Å². The Morgan fingerprint density at radius 3 is 2.47 bits per heavy atom. The first-order chi connectivity index (χ1) is 14.5. The molecule has 0 saturated heterocycles. The predicted molar refractivity (Wildman–Crippen MR) is 121 cm³/mol. The van der Waals surface area contributed by atoms with E-state index in [4.69, 9.17) is 9.15 Å². The number of hydrogen-bond acceptors (Lipinski definition) is 3. The molecule has 3 nitrogen and oxygen atoms in total. The molecule has 0 unspecified atom stereocenters. The Morgan fingerprint density at radius 2 is 1.67 bits per heavy atom. The van der Waals surface area contributed by atoms with Gasteiger partial charge in [-0.3, -0.25) is 4.79 Å². The number of hydrogen-bond donors (Lipinski definition) is 0. The molecule has 150 valence electrons. The van der Waals surface area contributed by atoms with E-state index in [1.54, 1.807) is 12.2 Å². The molecule has 0 amide bonds. The molecular weight excluding hydrogens is 372 g/mol. The van der Waals surface area contributed by atoms with Gasteiger partial charge in [-0.1, -0.05) is 48.5 Å². The Morgan fingerprint density at radius 1 is 0.933 bits per heavy atom. The van der Waals surface area contributed by atoms with E-state index in [1.165, 1.54) is 0 Å². The average molecular weight is 396 g/mol. The molecule has 4 aromatic rings. The summed E-state index contributed by atoms with van der Waals surface area (Å²) in [4.78, 5) is 12.9. The second kappa shape index (κ2) is 8.42.